The summed E-state index contributed by atoms with van der Waals surface area (Å²) in [6.45, 7) is 0. The van der Waals surface area contributed by atoms with Crippen molar-refractivity contribution in [3.05, 3.63) is 29.3 Å². The second-order valence-electron chi connectivity index (χ2n) is 2.73. The van der Waals surface area contributed by atoms with Crippen molar-refractivity contribution in [1.82, 2.24) is 0 Å². The molecule has 0 atom stereocenters. The zero-order valence-electron chi connectivity index (χ0n) is 7.75. The van der Waals surface area contributed by atoms with Gasteiger partial charge in [-0.15, -0.1) is 0 Å². The number of alkyl halides is 3. The van der Waals surface area contributed by atoms with Crippen LogP contribution >= 0.6 is 11.6 Å². The Hall–Kier alpha value is -1.56. The molecule has 16 heavy (non-hydrogen) atoms. The van der Waals surface area contributed by atoms with Gasteiger partial charge >= 0.3 is 6.18 Å². The molecule has 1 aromatic rings. The molecule has 0 bridgehead atoms. The van der Waals surface area contributed by atoms with Crippen LogP contribution in [0.5, 0.6) is 0 Å². The summed E-state index contributed by atoms with van der Waals surface area (Å²) in [5, 5.41) is 3.39. The molecule has 3 nitrogen and oxygen atoms in total. The Morgan fingerprint density at radius 1 is 1.31 bits per heavy atom. The van der Waals surface area contributed by atoms with Crippen LogP contribution < -0.4 is 5.43 Å². The lowest BCUT2D eigenvalue weighted by molar-refractivity contribution is -0.107. The van der Waals surface area contributed by atoms with Gasteiger partial charge in [0.15, 0.2) is 6.29 Å². The van der Waals surface area contributed by atoms with Gasteiger partial charge in [0.05, 0.1) is 5.69 Å². The number of nitrogens with zero attached hydrogens (tertiary/aromatic N) is 1. The van der Waals surface area contributed by atoms with Crippen LogP contribution in [0.3, 0.4) is 0 Å². The monoisotopic (exact) mass is 250 g/mol. The van der Waals surface area contributed by atoms with E-state index >= 15 is 0 Å². The SMILES string of the molecule is O=CC(=NNc1ccc(Cl)cc1)C(F)(F)F. The van der Waals surface area contributed by atoms with Crippen LogP contribution in [0.4, 0.5) is 18.9 Å². The number of halogens is 4. The van der Waals surface area contributed by atoms with E-state index in [0.717, 1.165) is 0 Å². The van der Waals surface area contributed by atoms with E-state index in [0.29, 0.717) is 10.7 Å². The zero-order chi connectivity index (χ0) is 12.2. The number of carbonyl (C=O) groups excluding carboxylic acids is 1. The van der Waals surface area contributed by atoms with Gasteiger partial charge in [0.2, 0.25) is 5.71 Å². The van der Waals surface area contributed by atoms with Crippen molar-refractivity contribution in [3.8, 4) is 0 Å². The summed E-state index contributed by atoms with van der Waals surface area (Å²) in [7, 11) is 0. The van der Waals surface area contributed by atoms with Crippen molar-refractivity contribution in [2.45, 2.75) is 6.18 Å². The lowest BCUT2D eigenvalue weighted by Gasteiger charge is -2.05. The number of aldehydes is 1. The molecule has 0 saturated heterocycles. The summed E-state index contributed by atoms with van der Waals surface area (Å²) in [6.07, 6.45) is -5.12. The normalized spacial score (nSPS) is 12.4. The fourth-order valence-electron chi connectivity index (χ4n) is 0.806. The Morgan fingerprint density at radius 3 is 2.31 bits per heavy atom. The van der Waals surface area contributed by atoms with Crippen LogP contribution in [0.1, 0.15) is 0 Å². The van der Waals surface area contributed by atoms with Crippen LogP contribution in [0, 0.1) is 0 Å². The first-order valence-corrected chi connectivity index (χ1v) is 4.43. The highest BCUT2D eigenvalue weighted by atomic mass is 35.5. The standard InChI is InChI=1S/C9H6ClF3N2O/c10-6-1-3-7(4-2-6)14-15-8(5-16)9(11,12)13/h1-5,14H. The summed E-state index contributed by atoms with van der Waals surface area (Å²) < 4.78 is 36.2. The van der Waals surface area contributed by atoms with Gasteiger partial charge in [-0.05, 0) is 24.3 Å². The highest BCUT2D eigenvalue weighted by Gasteiger charge is 2.35. The maximum atomic E-state index is 12.1. The molecule has 0 aliphatic carbocycles. The maximum absolute atomic E-state index is 12.1. The van der Waals surface area contributed by atoms with Gasteiger partial charge in [0, 0.05) is 5.02 Å². The molecular formula is C9H6ClF3N2O. The zero-order valence-corrected chi connectivity index (χ0v) is 8.51. The summed E-state index contributed by atoms with van der Waals surface area (Å²) >= 11 is 5.57. The highest BCUT2D eigenvalue weighted by molar-refractivity contribution is 6.31. The highest BCUT2D eigenvalue weighted by Crippen LogP contribution is 2.17. The molecule has 0 aromatic heterocycles. The van der Waals surface area contributed by atoms with Crippen LogP contribution in [0.25, 0.3) is 0 Å². The van der Waals surface area contributed by atoms with Gasteiger partial charge in [0.25, 0.3) is 0 Å². The molecule has 86 valence electrons. The number of hydrogen-bond acceptors (Lipinski definition) is 3. The molecule has 0 aliphatic rings. The largest absolute Gasteiger partial charge is 0.438 e. The van der Waals surface area contributed by atoms with E-state index in [1.54, 1.807) is 0 Å². The van der Waals surface area contributed by atoms with Crippen LogP contribution in [0.2, 0.25) is 5.02 Å². The second kappa shape index (κ2) is 4.98. The molecule has 7 heteroatoms. The number of hydrogen-bond donors (Lipinski definition) is 1. The molecule has 0 unspecified atom stereocenters. The second-order valence-corrected chi connectivity index (χ2v) is 3.17. The molecule has 0 heterocycles. The number of rotatable bonds is 3. The fourth-order valence-corrected chi connectivity index (χ4v) is 0.932. The van der Waals surface area contributed by atoms with E-state index in [2.05, 4.69) is 10.5 Å². The lowest BCUT2D eigenvalue weighted by Crippen LogP contribution is -2.25. The van der Waals surface area contributed by atoms with Crippen molar-refractivity contribution in [2.24, 2.45) is 5.10 Å². The van der Waals surface area contributed by atoms with E-state index in [4.69, 9.17) is 11.6 Å². The van der Waals surface area contributed by atoms with Gasteiger partial charge in [-0.2, -0.15) is 18.3 Å². The lowest BCUT2D eigenvalue weighted by atomic mass is 10.3. The Labute approximate surface area is 93.9 Å². The number of benzene rings is 1. The summed E-state index contributed by atoms with van der Waals surface area (Å²) in [5.74, 6) is 0. The summed E-state index contributed by atoms with van der Waals surface area (Å²) in [6, 6.07) is 5.83. The molecule has 1 N–H and O–H groups in total. The van der Waals surface area contributed by atoms with Crippen molar-refractivity contribution < 1.29 is 18.0 Å². The third kappa shape index (κ3) is 3.54. The Balaban J connectivity index is 2.78. The topological polar surface area (TPSA) is 41.5 Å². The molecule has 0 fully saturated rings. The van der Waals surface area contributed by atoms with Crippen molar-refractivity contribution in [3.63, 3.8) is 0 Å². The van der Waals surface area contributed by atoms with Gasteiger partial charge in [-0.3, -0.25) is 10.2 Å². The van der Waals surface area contributed by atoms with Crippen molar-refractivity contribution in [1.29, 1.82) is 0 Å². The number of anilines is 1. The number of hydrazone groups is 1. The molecule has 0 spiro atoms. The van der Waals surface area contributed by atoms with Gasteiger partial charge in [0.1, 0.15) is 0 Å². The van der Waals surface area contributed by atoms with E-state index < -0.39 is 11.9 Å². The minimum atomic E-state index is -4.76. The van der Waals surface area contributed by atoms with Crippen molar-refractivity contribution in [2.75, 3.05) is 5.43 Å². The summed E-state index contributed by atoms with van der Waals surface area (Å²) in [5.41, 5.74) is 0.881. The first-order chi connectivity index (χ1) is 7.43. The molecule has 0 saturated carbocycles. The molecular weight excluding hydrogens is 245 g/mol. The molecule has 0 amide bonds. The Bertz CT molecular complexity index is 400. The molecule has 0 radical (unpaired) electrons. The van der Waals surface area contributed by atoms with E-state index in [1.165, 1.54) is 24.3 Å². The van der Waals surface area contributed by atoms with E-state index in [9.17, 15) is 18.0 Å². The summed E-state index contributed by atoms with van der Waals surface area (Å²) in [4.78, 5) is 10.1. The average molecular weight is 251 g/mol. The van der Waals surface area contributed by atoms with E-state index in [1.807, 2.05) is 0 Å². The van der Waals surface area contributed by atoms with Gasteiger partial charge in [-0.25, -0.2) is 0 Å². The van der Waals surface area contributed by atoms with Gasteiger partial charge in [-0.1, -0.05) is 11.6 Å². The first kappa shape index (κ1) is 12.5. The third-order valence-corrected chi connectivity index (χ3v) is 1.80. The predicted octanol–water partition coefficient (Wildman–Crippen LogP) is 2.87. The predicted molar refractivity (Wildman–Crippen MR) is 54.6 cm³/mol. The average Bonchev–Trinajstić information content (AvgIpc) is 2.19. The first-order valence-electron chi connectivity index (χ1n) is 4.05. The quantitative estimate of drug-likeness (QED) is 0.509. The van der Waals surface area contributed by atoms with Crippen molar-refractivity contribution >= 4 is 29.3 Å². The molecule has 0 aliphatic heterocycles. The number of nitrogens with one attached hydrogen (secondary N) is 1. The fraction of sp³-hybridized carbons (Fsp3) is 0.111. The number of carbonyl (C=O) groups is 1. The Morgan fingerprint density at radius 2 is 1.88 bits per heavy atom. The third-order valence-electron chi connectivity index (χ3n) is 1.55. The van der Waals surface area contributed by atoms with Crippen LogP contribution in [-0.2, 0) is 4.79 Å². The molecule has 1 aromatic carbocycles. The molecule has 1 rings (SSSR count). The van der Waals surface area contributed by atoms with Crippen LogP contribution in [0.15, 0.2) is 29.4 Å². The minimum Gasteiger partial charge on any atom is -0.296 e. The minimum absolute atomic E-state index is 0.299. The Kier molecular flexibility index (Phi) is 3.89. The maximum Gasteiger partial charge on any atom is 0.438 e. The van der Waals surface area contributed by atoms with Crippen LogP contribution in [-0.4, -0.2) is 18.2 Å². The van der Waals surface area contributed by atoms with Gasteiger partial charge < -0.3 is 0 Å². The van der Waals surface area contributed by atoms with E-state index in [-0.39, 0.29) is 6.29 Å². The smallest absolute Gasteiger partial charge is 0.296 e.